The second-order valence-corrected chi connectivity index (χ2v) is 4.81. The minimum atomic E-state index is -0.445. The topological polar surface area (TPSA) is 87.4 Å². The Bertz CT molecular complexity index is 465. The third kappa shape index (κ3) is 3.77. The Morgan fingerprint density at radius 3 is 2.60 bits per heavy atom. The van der Waals surface area contributed by atoms with Gasteiger partial charge in [0.15, 0.2) is 0 Å². The van der Waals surface area contributed by atoms with Gasteiger partial charge in [0.25, 0.3) is 0 Å². The van der Waals surface area contributed by atoms with E-state index in [1.807, 2.05) is 37.7 Å². The molecule has 0 saturated heterocycles. The van der Waals surface area contributed by atoms with Crippen molar-refractivity contribution in [2.75, 3.05) is 44.4 Å². The zero-order valence-corrected chi connectivity index (χ0v) is 12.6. The second kappa shape index (κ2) is 6.99. The molecule has 20 heavy (non-hydrogen) atoms. The highest BCUT2D eigenvalue weighted by atomic mass is 16.6. The molecule has 0 spiro atoms. The molecule has 0 aliphatic carbocycles. The molecule has 0 bridgehead atoms. The average Bonchev–Trinajstić information content (AvgIpc) is 2.38. The molecule has 0 fully saturated rings. The molecule has 1 atom stereocenters. The minimum absolute atomic E-state index is 0.0727. The van der Waals surface area contributed by atoms with Gasteiger partial charge in [-0.15, -0.1) is 0 Å². The molecule has 1 N–H and O–H groups in total. The third-order valence-electron chi connectivity index (χ3n) is 2.94. The van der Waals surface area contributed by atoms with Crippen molar-refractivity contribution in [3.63, 3.8) is 0 Å². The van der Waals surface area contributed by atoms with Crippen molar-refractivity contribution < 1.29 is 4.92 Å². The van der Waals surface area contributed by atoms with Crippen molar-refractivity contribution in [3.05, 3.63) is 16.3 Å². The van der Waals surface area contributed by atoms with E-state index in [4.69, 9.17) is 0 Å². The van der Waals surface area contributed by atoms with E-state index in [0.717, 1.165) is 6.54 Å². The first-order valence-electron chi connectivity index (χ1n) is 6.51. The monoisotopic (exact) mass is 282 g/mol. The van der Waals surface area contributed by atoms with E-state index < -0.39 is 4.92 Å². The number of aromatic nitrogens is 2. The summed E-state index contributed by atoms with van der Waals surface area (Å²) in [4.78, 5) is 22.8. The molecular weight excluding hydrogens is 260 g/mol. The molecule has 1 aromatic heterocycles. The fourth-order valence-corrected chi connectivity index (χ4v) is 2.12. The summed E-state index contributed by atoms with van der Waals surface area (Å²) in [5.74, 6) is 0.729. The number of nitrogens with one attached hydrogen (secondary N) is 1. The molecule has 1 aromatic rings. The number of hydrogen-bond acceptors (Lipinski definition) is 7. The zero-order valence-electron chi connectivity index (χ0n) is 12.6. The van der Waals surface area contributed by atoms with Crippen molar-refractivity contribution in [1.82, 2.24) is 14.9 Å². The zero-order chi connectivity index (χ0) is 15.3. The quantitative estimate of drug-likeness (QED) is 0.594. The van der Waals surface area contributed by atoms with Crippen LogP contribution in [0, 0.1) is 10.1 Å². The molecule has 0 saturated carbocycles. The van der Waals surface area contributed by atoms with Crippen molar-refractivity contribution in [2.45, 2.75) is 19.9 Å². The number of rotatable bonds is 7. The van der Waals surface area contributed by atoms with Gasteiger partial charge in [-0.25, -0.2) is 4.98 Å². The molecule has 1 rings (SSSR count). The molecule has 8 nitrogen and oxygen atoms in total. The van der Waals surface area contributed by atoms with E-state index >= 15 is 0 Å². The third-order valence-corrected chi connectivity index (χ3v) is 2.94. The summed E-state index contributed by atoms with van der Waals surface area (Å²) in [6.45, 7) is 5.39. The Labute approximate surface area is 119 Å². The van der Waals surface area contributed by atoms with Crippen LogP contribution in [-0.2, 0) is 0 Å². The van der Waals surface area contributed by atoms with Gasteiger partial charge >= 0.3 is 5.69 Å². The van der Waals surface area contributed by atoms with Gasteiger partial charge in [-0.1, -0.05) is 0 Å². The minimum Gasteiger partial charge on any atom is -0.357 e. The lowest BCUT2D eigenvalue weighted by molar-refractivity contribution is -0.384. The fraction of sp³-hybridized carbons (Fsp3) is 0.667. The van der Waals surface area contributed by atoms with Gasteiger partial charge in [-0.2, -0.15) is 4.98 Å². The molecule has 1 heterocycles. The van der Waals surface area contributed by atoms with E-state index in [1.165, 1.54) is 6.20 Å². The molecule has 0 amide bonds. The first kappa shape index (κ1) is 16.1. The lowest BCUT2D eigenvalue weighted by Crippen LogP contribution is -2.41. The normalized spacial score (nSPS) is 12.3. The maximum absolute atomic E-state index is 11.2. The summed E-state index contributed by atoms with van der Waals surface area (Å²) in [5, 5.41) is 14.0. The molecule has 112 valence electrons. The summed E-state index contributed by atoms with van der Waals surface area (Å²) in [6.07, 6.45) is 1.25. The Kier molecular flexibility index (Phi) is 5.63. The number of likely N-dealkylation sites (N-methyl/N-ethyl adjacent to an activating group) is 2. The van der Waals surface area contributed by atoms with Crippen molar-refractivity contribution >= 4 is 17.5 Å². The van der Waals surface area contributed by atoms with E-state index in [1.54, 1.807) is 7.05 Å². The summed E-state index contributed by atoms with van der Waals surface area (Å²) >= 11 is 0. The van der Waals surface area contributed by atoms with Crippen LogP contribution >= 0.6 is 0 Å². The number of anilines is 2. The van der Waals surface area contributed by atoms with Crippen LogP contribution in [0.2, 0.25) is 0 Å². The first-order chi connectivity index (χ1) is 9.40. The predicted molar refractivity (Wildman–Crippen MR) is 79.3 cm³/mol. The highest BCUT2D eigenvalue weighted by molar-refractivity contribution is 5.59. The van der Waals surface area contributed by atoms with Gasteiger partial charge < -0.3 is 15.1 Å². The number of nitrogens with zero attached hydrogens (tertiary/aromatic N) is 5. The summed E-state index contributed by atoms with van der Waals surface area (Å²) in [6, 6.07) is 0.105. The number of nitro groups is 1. The van der Waals surface area contributed by atoms with Crippen LogP contribution in [0.25, 0.3) is 0 Å². The van der Waals surface area contributed by atoms with E-state index in [9.17, 15) is 10.1 Å². The van der Waals surface area contributed by atoms with Gasteiger partial charge in [0.1, 0.15) is 6.20 Å². The van der Waals surface area contributed by atoms with Crippen molar-refractivity contribution in [3.8, 4) is 0 Å². The Balaban J connectivity index is 3.20. The highest BCUT2D eigenvalue weighted by Crippen LogP contribution is 2.27. The van der Waals surface area contributed by atoms with E-state index in [-0.39, 0.29) is 11.7 Å². The standard InChI is InChI=1S/C12H22N6O2/c1-6-17(9(2)8-16(4)5)11-10(18(19)20)7-14-12(13-3)15-11/h7,9H,6,8H2,1-5H3,(H,13,14,15). The highest BCUT2D eigenvalue weighted by Gasteiger charge is 2.25. The van der Waals surface area contributed by atoms with Gasteiger partial charge in [0.05, 0.1) is 4.92 Å². The van der Waals surface area contributed by atoms with Gasteiger partial charge in [-0.05, 0) is 27.9 Å². The molecule has 1 unspecified atom stereocenters. The summed E-state index contributed by atoms with van der Waals surface area (Å²) in [7, 11) is 5.62. The molecule has 8 heteroatoms. The second-order valence-electron chi connectivity index (χ2n) is 4.81. The van der Waals surface area contributed by atoms with Crippen molar-refractivity contribution in [1.29, 1.82) is 0 Å². The molecular formula is C12H22N6O2. The van der Waals surface area contributed by atoms with Crippen molar-refractivity contribution in [2.24, 2.45) is 0 Å². The fourth-order valence-electron chi connectivity index (χ4n) is 2.12. The number of hydrogen-bond donors (Lipinski definition) is 1. The molecule has 0 radical (unpaired) electrons. The Morgan fingerprint density at radius 2 is 2.15 bits per heavy atom. The Hall–Kier alpha value is -1.96. The molecule has 0 aromatic carbocycles. The van der Waals surface area contributed by atoms with Crippen LogP contribution in [-0.4, -0.2) is 60.1 Å². The largest absolute Gasteiger partial charge is 0.357 e. The predicted octanol–water partition coefficient (Wildman–Crippen LogP) is 1.20. The lowest BCUT2D eigenvalue weighted by atomic mass is 10.2. The summed E-state index contributed by atoms with van der Waals surface area (Å²) in [5.41, 5.74) is -0.0727. The van der Waals surface area contributed by atoms with Gasteiger partial charge in [0, 0.05) is 26.2 Å². The van der Waals surface area contributed by atoms with Gasteiger partial charge in [-0.3, -0.25) is 10.1 Å². The maximum Gasteiger partial charge on any atom is 0.329 e. The Morgan fingerprint density at radius 1 is 1.50 bits per heavy atom. The lowest BCUT2D eigenvalue weighted by Gasteiger charge is -2.30. The summed E-state index contributed by atoms with van der Waals surface area (Å²) < 4.78 is 0. The van der Waals surface area contributed by atoms with E-state index in [0.29, 0.717) is 18.3 Å². The smallest absolute Gasteiger partial charge is 0.329 e. The molecule has 0 aliphatic rings. The van der Waals surface area contributed by atoms with E-state index in [2.05, 4.69) is 15.3 Å². The maximum atomic E-state index is 11.2. The van der Waals surface area contributed by atoms with Gasteiger partial charge in [0.2, 0.25) is 11.8 Å². The van der Waals surface area contributed by atoms with Crippen LogP contribution in [0.4, 0.5) is 17.5 Å². The van der Waals surface area contributed by atoms with Crippen LogP contribution < -0.4 is 10.2 Å². The van der Waals surface area contributed by atoms with Crippen LogP contribution in [0.15, 0.2) is 6.20 Å². The molecule has 0 aliphatic heterocycles. The van der Waals surface area contributed by atoms with Crippen LogP contribution in [0.1, 0.15) is 13.8 Å². The SMILES string of the molecule is CCN(c1nc(NC)ncc1[N+](=O)[O-])C(C)CN(C)C. The van der Waals surface area contributed by atoms with Crippen LogP contribution in [0.3, 0.4) is 0 Å². The first-order valence-corrected chi connectivity index (χ1v) is 6.51. The average molecular weight is 282 g/mol. The van der Waals surface area contributed by atoms with Crippen LogP contribution in [0.5, 0.6) is 0 Å².